The average Bonchev–Trinajstić information content (AvgIpc) is 2.64. The van der Waals surface area contributed by atoms with Gasteiger partial charge in [-0.05, 0) is 18.2 Å². The van der Waals surface area contributed by atoms with Gasteiger partial charge in [-0.3, -0.25) is 4.99 Å². The molecule has 0 atom stereocenters. The minimum Gasteiger partial charge on any atom is -0.481 e. The molecule has 0 fully saturated rings. The molecule has 2 aromatic rings. The molecule has 0 aliphatic carbocycles. The molecule has 0 unspecified atom stereocenters. The summed E-state index contributed by atoms with van der Waals surface area (Å²) >= 11 is 11.9. The first-order chi connectivity index (χ1) is 12.9. The Morgan fingerprint density at radius 1 is 1.22 bits per heavy atom. The first-order valence-corrected chi connectivity index (χ1v) is 8.55. The van der Waals surface area contributed by atoms with Crippen molar-refractivity contribution in [2.24, 2.45) is 4.99 Å². The summed E-state index contributed by atoms with van der Waals surface area (Å²) in [4.78, 5) is 8.20. The molecule has 0 spiro atoms. The summed E-state index contributed by atoms with van der Waals surface area (Å²) in [7, 11) is 3.11. The topological polar surface area (TPSA) is 67.8 Å². The van der Waals surface area contributed by atoms with E-state index < -0.39 is 6.61 Å². The second-order valence-electron chi connectivity index (χ2n) is 5.21. The number of alkyl halides is 2. The van der Waals surface area contributed by atoms with Crippen LogP contribution in [-0.4, -0.2) is 31.7 Å². The molecule has 0 aliphatic rings. The van der Waals surface area contributed by atoms with E-state index in [1.165, 1.54) is 19.2 Å². The number of rotatable bonds is 7. The Labute approximate surface area is 165 Å². The lowest BCUT2D eigenvalue weighted by Crippen LogP contribution is -2.36. The third-order valence-corrected chi connectivity index (χ3v) is 3.95. The number of hydrogen-bond acceptors (Lipinski definition) is 4. The second-order valence-corrected chi connectivity index (χ2v) is 6.05. The number of aromatic nitrogens is 1. The zero-order valence-electron chi connectivity index (χ0n) is 14.6. The number of pyridine rings is 1. The molecule has 0 aliphatic heterocycles. The maximum atomic E-state index is 12.6. The highest BCUT2D eigenvalue weighted by Crippen LogP contribution is 2.33. The lowest BCUT2D eigenvalue weighted by atomic mass is 10.2. The van der Waals surface area contributed by atoms with E-state index in [4.69, 9.17) is 27.9 Å². The maximum Gasteiger partial charge on any atom is 0.387 e. The van der Waals surface area contributed by atoms with Crippen molar-refractivity contribution in [3.63, 3.8) is 0 Å². The van der Waals surface area contributed by atoms with Crippen molar-refractivity contribution in [3.05, 3.63) is 51.6 Å². The fourth-order valence-electron chi connectivity index (χ4n) is 2.29. The van der Waals surface area contributed by atoms with E-state index in [9.17, 15) is 8.78 Å². The number of halogens is 4. The molecule has 27 heavy (non-hydrogen) atoms. The Morgan fingerprint density at radius 2 is 1.93 bits per heavy atom. The lowest BCUT2D eigenvalue weighted by molar-refractivity contribution is -0.0504. The average molecular weight is 419 g/mol. The van der Waals surface area contributed by atoms with Gasteiger partial charge in [0.05, 0.1) is 12.1 Å². The van der Waals surface area contributed by atoms with Crippen LogP contribution in [0.4, 0.5) is 8.78 Å². The van der Waals surface area contributed by atoms with Gasteiger partial charge in [0.25, 0.3) is 0 Å². The molecule has 2 N–H and O–H groups in total. The van der Waals surface area contributed by atoms with Gasteiger partial charge in [-0.15, -0.1) is 0 Å². The lowest BCUT2D eigenvalue weighted by Gasteiger charge is -2.16. The van der Waals surface area contributed by atoms with Crippen LogP contribution < -0.4 is 20.1 Å². The largest absolute Gasteiger partial charge is 0.481 e. The van der Waals surface area contributed by atoms with E-state index in [2.05, 4.69) is 25.3 Å². The molecular weight excluding hydrogens is 401 g/mol. The number of methoxy groups -OCH3 is 1. The number of hydrogen-bond donors (Lipinski definition) is 2. The van der Waals surface area contributed by atoms with Crippen molar-refractivity contribution in [2.75, 3.05) is 14.2 Å². The number of aliphatic imine (C=N–C) groups is 1. The molecule has 6 nitrogen and oxygen atoms in total. The highest BCUT2D eigenvalue weighted by atomic mass is 35.5. The Morgan fingerprint density at radius 3 is 2.56 bits per heavy atom. The summed E-state index contributed by atoms with van der Waals surface area (Å²) in [5, 5.41) is 6.39. The van der Waals surface area contributed by atoms with E-state index in [-0.39, 0.29) is 17.3 Å². The van der Waals surface area contributed by atoms with Crippen molar-refractivity contribution in [1.29, 1.82) is 0 Å². The van der Waals surface area contributed by atoms with E-state index in [1.807, 2.05) is 6.07 Å². The molecule has 0 saturated carbocycles. The number of ether oxygens (including phenoxy) is 2. The van der Waals surface area contributed by atoms with Crippen LogP contribution in [0, 0.1) is 0 Å². The zero-order valence-corrected chi connectivity index (χ0v) is 16.1. The standard InChI is InChI=1S/C17H18Cl2F2N4O2/c1-22-17(24-8-10-4-3-5-23-15(10)26-2)25-9-11-6-12(18)7-13(19)14(11)27-16(20)21/h3-7,16H,8-9H2,1-2H3,(H2,22,24,25). The molecule has 1 heterocycles. The van der Waals surface area contributed by atoms with E-state index in [1.54, 1.807) is 19.3 Å². The fourth-order valence-corrected chi connectivity index (χ4v) is 2.87. The second kappa shape index (κ2) is 10.1. The molecule has 1 aromatic heterocycles. The van der Waals surface area contributed by atoms with Crippen molar-refractivity contribution in [2.45, 2.75) is 19.7 Å². The van der Waals surface area contributed by atoms with Crippen molar-refractivity contribution in [3.8, 4) is 11.6 Å². The Hall–Kier alpha value is -2.32. The summed E-state index contributed by atoms with van der Waals surface area (Å²) in [6.45, 7) is -2.49. The van der Waals surface area contributed by atoms with Gasteiger partial charge in [0, 0.05) is 42.5 Å². The van der Waals surface area contributed by atoms with Crippen molar-refractivity contribution in [1.82, 2.24) is 15.6 Å². The summed E-state index contributed by atoms with van der Waals surface area (Å²) in [5.41, 5.74) is 1.20. The van der Waals surface area contributed by atoms with Gasteiger partial charge in [-0.2, -0.15) is 8.78 Å². The van der Waals surface area contributed by atoms with Gasteiger partial charge in [0.15, 0.2) is 5.96 Å². The molecule has 0 radical (unpaired) electrons. The van der Waals surface area contributed by atoms with Crippen LogP contribution in [0.2, 0.25) is 10.0 Å². The third kappa shape index (κ3) is 6.11. The molecule has 2 rings (SSSR count). The number of guanidine groups is 1. The van der Waals surface area contributed by atoms with Crippen LogP contribution in [0.3, 0.4) is 0 Å². The van der Waals surface area contributed by atoms with Crippen LogP contribution in [-0.2, 0) is 13.1 Å². The van der Waals surface area contributed by atoms with Gasteiger partial charge in [0.1, 0.15) is 5.75 Å². The normalized spacial score (nSPS) is 11.4. The molecule has 1 aromatic carbocycles. The van der Waals surface area contributed by atoms with Crippen LogP contribution >= 0.6 is 23.2 Å². The summed E-state index contributed by atoms with van der Waals surface area (Å²) < 4.78 is 35.0. The Balaban J connectivity index is 2.06. The maximum absolute atomic E-state index is 12.6. The van der Waals surface area contributed by atoms with Gasteiger partial charge < -0.3 is 20.1 Å². The van der Waals surface area contributed by atoms with E-state index in [0.29, 0.717) is 29.0 Å². The molecular formula is C17H18Cl2F2N4O2. The SMILES string of the molecule is CN=C(NCc1cccnc1OC)NCc1cc(Cl)cc(Cl)c1OC(F)F. The molecule has 0 saturated heterocycles. The van der Waals surface area contributed by atoms with Crippen molar-refractivity contribution < 1.29 is 18.3 Å². The highest BCUT2D eigenvalue weighted by Gasteiger charge is 2.15. The van der Waals surface area contributed by atoms with E-state index >= 15 is 0 Å². The molecule has 0 amide bonds. The first kappa shape index (κ1) is 21.0. The summed E-state index contributed by atoms with van der Waals surface area (Å²) in [6, 6.07) is 6.48. The first-order valence-electron chi connectivity index (χ1n) is 7.79. The minimum atomic E-state index is -3.00. The van der Waals surface area contributed by atoms with Gasteiger partial charge in [0.2, 0.25) is 5.88 Å². The van der Waals surface area contributed by atoms with Crippen LogP contribution in [0.1, 0.15) is 11.1 Å². The van der Waals surface area contributed by atoms with Gasteiger partial charge in [-0.25, -0.2) is 4.98 Å². The van der Waals surface area contributed by atoms with Crippen LogP contribution in [0.15, 0.2) is 35.5 Å². The predicted octanol–water partition coefficient (Wildman–Crippen LogP) is 3.86. The Bertz CT molecular complexity index is 806. The van der Waals surface area contributed by atoms with Gasteiger partial charge >= 0.3 is 6.61 Å². The predicted molar refractivity (Wildman–Crippen MR) is 101 cm³/mol. The number of nitrogens with one attached hydrogen (secondary N) is 2. The van der Waals surface area contributed by atoms with Gasteiger partial charge in [-0.1, -0.05) is 29.3 Å². The quantitative estimate of drug-likeness (QED) is 0.527. The third-order valence-electron chi connectivity index (χ3n) is 3.45. The van der Waals surface area contributed by atoms with E-state index in [0.717, 1.165) is 5.56 Å². The Kier molecular flexibility index (Phi) is 7.87. The smallest absolute Gasteiger partial charge is 0.387 e. The van der Waals surface area contributed by atoms with Crippen molar-refractivity contribution >= 4 is 29.2 Å². The number of nitrogens with zero attached hydrogens (tertiary/aromatic N) is 2. The molecule has 146 valence electrons. The molecule has 10 heteroatoms. The number of benzene rings is 1. The monoisotopic (exact) mass is 418 g/mol. The zero-order chi connectivity index (χ0) is 19.8. The highest BCUT2D eigenvalue weighted by molar-refractivity contribution is 6.35. The summed E-state index contributed by atoms with van der Waals surface area (Å²) in [6.07, 6.45) is 1.63. The minimum absolute atomic E-state index is 0.00245. The fraction of sp³-hybridized carbons (Fsp3) is 0.294. The van der Waals surface area contributed by atoms with Crippen LogP contribution in [0.25, 0.3) is 0 Å². The molecule has 0 bridgehead atoms. The van der Waals surface area contributed by atoms with Crippen LogP contribution in [0.5, 0.6) is 11.6 Å². The summed E-state index contributed by atoms with van der Waals surface area (Å²) in [5.74, 6) is 0.794.